The summed E-state index contributed by atoms with van der Waals surface area (Å²) in [4.78, 5) is 17.7. The normalized spacial score (nSPS) is 16.9. The number of hydrogen-bond donors (Lipinski definition) is 0. The first-order valence-electron chi connectivity index (χ1n) is 5.38. The standard InChI is InChI=1S/C11H16N2OS/c1-8(14)10-7-15-11(12-10)13(2)9-5-3-4-6-9/h7,9H,3-6H2,1-2H3. The molecule has 1 aromatic rings. The number of Topliss-reactive ketones (excluding diaryl/α,β-unsaturated/α-hetero) is 1. The summed E-state index contributed by atoms with van der Waals surface area (Å²) >= 11 is 1.57. The molecule has 1 aromatic heterocycles. The molecule has 0 atom stereocenters. The van der Waals surface area contributed by atoms with E-state index in [0.29, 0.717) is 11.7 Å². The quantitative estimate of drug-likeness (QED) is 0.740. The van der Waals surface area contributed by atoms with Crippen molar-refractivity contribution in [3.8, 4) is 0 Å². The van der Waals surface area contributed by atoms with Crippen molar-refractivity contribution in [3.05, 3.63) is 11.1 Å². The van der Waals surface area contributed by atoms with Crippen molar-refractivity contribution < 1.29 is 4.79 Å². The zero-order valence-electron chi connectivity index (χ0n) is 9.19. The van der Waals surface area contributed by atoms with Crippen LogP contribution in [0, 0.1) is 0 Å². The Labute approximate surface area is 94.1 Å². The summed E-state index contributed by atoms with van der Waals surface area (Å²) in [6.45, 7) is 1.56. The van der Waals surface area contributed by atoms with E-state index in [4.69, 9.17) is 0 Å². The summed E-state index contributed by atoms with van der Waals surface area (Å²) in [7, 11) is 2.08. The van der Waals surface area contributed by atoms with E-state index in [0.717, 1.165) is 5.13 Å². The first-order chi connectivity index (χ1) is 7.18. The third kappa shape index (κ3) is 2.20. The van der Waals surface area contributed by atoms with E-state index in [1.807, 2.05) is 5.38 Å². The monoisotopic (exact) mass is 224 g/mol. The van der Waals surface area contributed by atoms with Crippen LogP contribution in [0.3, 0.4) is 0 Å². The van der Waals surface area contributed by atoms with Crippen LogP contribution in [-0.4, -0.2) is 23.9 Å². The summed E-state index contributed by atoms with van der Waals surface area (Å²) in [5.74, 6) is 0.0531. The Morgan fingerprint density at radius 2 is 2.20 bits per heavy atom. The lowest BCUT2D eigenvalue weighted by Gasteiger charge is -2.23. The highest BCUT2D eigenvalue weighted by Crippen LogP contribution is 2.28. The predicted molar refractivity (Wildman–Crippen MR) is 62.8 cm³/mol. The largest absolute Gasteiger partial charge is 0.348 e. The number of ketones is 1. The van der Waals surface area contributed by atoms with Crippen LogP contribution < -0.4 is 4.90 Å². The Morgan fingerprint density at radius 3 is 2.73 bits per heavy atom. The summed E-state index contributed by atoms with van der Waals surface area (Å²) < 4.78 is 0. The van der Waals surface area contributed by atoms with E-state index < -0.39 is 0 Å². The number of aromatic nitrogens is 1. The molecule has 0 aromatic carbocycles. The van der Waals surface area contributed by atoms with Gasteiger partial charge in [-0.2, -0.15) is 0 Å². The molecule has 0 unspecified atom stereocenters. The van der Waals surface area contributed by atoms with Crippen molar-refractivity contribution >= 4 is 22.3 Å². The van der Waals surface area contributed by atoms with Gasteiger partial charge < -0.3 is 4.90 Å². The molecule has 0 aliphatic heterocycles. The van der Waals surface area contributed by atoms with Crippen LogP contribution in [-0.2, 0) is 0 Å². The molecule has 1 aliphatic carbocycles. The zero-order chi connectivity index (χ0) is 10.8. The van der Waals surface area contributed by atoms with E-state index in [1.165, 1.54) is 25.7 Å². The maximum Gasteiger partial charge on any atom is 0.185 e. The van der Waals surface area contributed by atoms with Crippen LogP contribution in [0.1, 0.15) is 43.1 Å². The molecule has 1 fully saturated rings. The molecule has 2 rings (SSSR count). The van der Waals surface area contributed by atoms with E-state index in [1.54, 1.807) is 18.3 Å². The molecule has 1 heterocycles. The Morgan fingerprint density at radius 1 is 1.53 bits per heavy atom. The molecule has 0 saturated heterocycles. The molecule has 82 valence electrons. The van der Waals surface area contributed by atoms with Gasteiger partial charge in [0, 0.05) is 25.4 Å². The lowest BCUT2D eigenvalue weighted by Crippen LogP contribution is -2.28. The van der Waals surface area contributed by atoms with Crippen molar-refractivity contribution in [2.75, 3.05) is 11.9 Å². The van der Waals surface area contributed by atoms with Gasteiger partial charge in [-0.1, -0.05) is 12.8 Å². The van der Waals surface area contributed by atoms with Gasteiger partial charge in [0.1, 0.15) is 5.69 Å². The number of carbonyl (C=O) groups excluding carboxylic acids is 1. The highest BCUT2D eigenvalue weighted by atomic mass is 32.1. The SMILES string of the molecule is CC(=O)c1csc(N(C)C2CCCC2)n1. The fourth-order valence-corrected chi connectivity index (χ4v) is 2.94. The van der Waals surface area contributed by atoms with Gasteiger partial charge >= 0.3 is 0 Å². The molecule has 4 heteroatoms. The second kappa shape index (κ2) is 4.31. The molecular weight excluding hydrogens is 208 g/mol. The van der Waals surface area contributed by atoms with Crippen molar-refractivity contribution in [2.24, 2.45) is 0 Å². The summed E-state index contributed by atoms with van der Waals surface area (Å²) in [5, 5.41) is 2.83. The number of anilines is 1. The van der Waals surface area contributed by atoms with Gasteiger partial charge in [0.2, 0.25) is 0 Å². The van der Waals surface area contributed by atoms with Crippen molar-refractivity contribution in [1.29, 1.82) is 0 Å². The van der Waals surface area contributed by atoms with Gasteiger partial charge in [-0.15, -0.1) is 11.3 Å². The fourth-order valence-electron chi connectivity index (χ4n) is 2.04. The van der Waals surface area contributed by atoms with Gasteiger partial charge in [0.15, 0.2) is 10.9 Å². The maximum absolute atomic E-state index is 11.1. The van der Waals surface area contributed by atoms with Crippen LogP contribution in [0.4, 0.5) is 5.13 Å². The summed E-state index contributed by atoms with van der Waals surface area (Å²) in [6.07, 6.45) is 5.15. The lowest BCUT2D eigenvalue weighted by molar-refractivity contribution is 0.101. The van der Waals surface area contributed by atoms with E-state index in [9.17, 15) is 4.79 Å². The number of carbonyl (C=O) groups is 1. The van der Waals surface area contributed by atoms with Crippen LogP contribution in [0.2, 0.25) is 0 Å². The maximum atomic E-state index is 11.1. The first kappa shape index (κ1) is 10.6. The Kier molecular flexibility index (Phi) is 3.05. The second-order valence-electron chi connectivity index (χ2n) is 4.12. The minimum Gasteiger partial charge on any atom is -0.348 e. The lowest BCUT2D eigenvalue weighted by atomic mass is 10.2. The molecule has 0 radical (unpaired) electrons. The number of thiazole rings is 1. The van der Waals surface area contributed by atoms with Gasteiger partial charge in [0.25, 0.3) is 0 Å². The molecule has 1 aliphatic rings. The van der Waals surface area contributed by atoms with E-state index in [-0.39, 0.29) is 5.78 Å². The topological polar surface area (TPSA) is 33.2 Å². The minimum absolute atomic E-state index is 0.0531. The highest BCUT2D eigenvalue weighted by molar-refractivity contribution is 7.13. The Bertz CT molecular complexity index is 355. The third-order valence-corrected chi connectivity index (χ3v) is 3.96. The molecule has 0 N–H and O–H groups in total. The highest BCUT2D eigenvalue weighted by Gasteiger charge is 2.22. The van der Waals surface area contributed by atoms with Gasteiger partial charge in [-0.25, -0.2) is 4.98 Å². The average molecular weight is 224 g/mol. The smallest absolute Gasteiger partial charge is 0.185 e. The number of rotatable bonds is 3. The van der Waals surface area contributed by atoms with Crippen LogP contribution in [0.15, 0.2) is 5.38 Å². The van der Waals surface area contributed by atoms with Crippen molar-refractivity contribution in [1.82, 2.24) is 4.98 Å². The van der Waals surface area contributed by atoms with E-state index >= 15 is 0 Å². The number of hydrogen-bond acceptors (Lipinski definition) is 4. The van der Waals surface area contributed by atoms with Crippen LogP contribution >= 0.6 is 11.3 Å². The Balaban J connectivity index is 2.10. The third-order valence-electron chi connectivity index (χ3n) is 3.03. The zero-order valence-corrected chi connectivity index (χ0v) is 10.0. The van der Waals surface area contributed by atoms with Crippen molar-refractivity contribution in [3.63, 3.8) is 0 Å². The molecule has 0 bridgehead atoms. The van der Waals surface area contributed by atoms with E-state index in [2.05, 4.69) is 16.9 Å². The van der Waals surface area contributed by atoms with Gasteiger partial charge in [-0.05, 0) is 12.8 Å². The molecule has 0 amide bonds. The Hall–Kier alpha value is -0.900. The van der Waals surface area contributed by atoms with Gasteiger partial charge in [-0.3, -0.25) is 4.79 Å². The second-order valence-corrected chi connectivity index (χ2v) is 4.96. The van der Waals surface area contributed by atoms with Crippen LogP contribution in [0.5, 0.6) is 0 Å². The molecule has 0 spiro atoms. The minimum atomic E-state index is 0.0531. The number of nitrogens with zero attached hydrogens (tertiary/aromatic N) is 2. The molecular formula is C11H16N2OS. The molecule has 1 saturated carbocycles. The predicted octanol–water partition coefficient (Wildman–Crippen LogP) is 2.72. The molecule has 3 nitrogen and oxygen atoms in total. The first-order valence-corrected chi connectivity index (χ1v) is 6.26. The summed E-state index contributed by atoms with van der Waals surface area (Å²) in [6, 6.07) is 0.621. The van der Waals surface area contributed by atoms with Gasteiger partial charge in [0.05, 0.1) is 0 Å². The fraction of sp³-hybridized carbons (Fsp3) is 0.636. The summed E-state index contributed by atoms with van der Waals surface area (Å²) in [5.41, 5.74) is 0.597. The van der Waals surface area contributed by atoms with Crippen molar-refractivity contribution in [2.45, 2.75) is 38.6 Å². The average Bonchev–Trinajstić information content (AvgIpc) is 2.88. The molecule has 15 heavy (non-hydrogen) atoms. The van der Waals surface area contributed by atoms with Crippen LogP contribution in [0.25, 0.3) is 0 Å².